The highest BCUT2D eigenvalue weighted by atomic mass is 16.6. The first kappa shape index (κ1) is 69.4. The molecule has 6 nitrogen and oxygen atoms in total. The molecule has 0 aliphatic rings. The van der Waals surface area contributed by atoms with Crippen LogP contribution in [0.15, 0.2) is 0 Å². The minimum absolute atomic E-state index is 0.0618. The Morgan fingerprint density at radius 1 is 0.268 bits per heavy atom. The Morgan fingerprint density at radius 2 is 0.465 bits per heavy atom. The van der Waals surface area contributed by atoms with Crippen molar-refractivity contribution >= 4 is 17.9 Å². The van der Waals surface area contributed by atoms with Crippen molar-refractivity contribution in [1.82, 2.24) is 0 Å². The molecule has 0 aromatic heterocycles. The van der Waals surface area contributed by atoms with Gasteiger partial charge >= 0.3 is 17.9 Å². The summed E-state index contributed by atoms with van der Waals surface area (Å²) in [5.41, 5.74) is 0. The van der Waals surface area contributed by atoms with E-state index in [0.717, 1.165) is 69.6 Å². The van der Waals surface area contributed by atoms with Crippen LogP contribution in [-0.2, 0) is 28.6 Å². The molecule has 0 fully saturated rings. The van der Waals surface area contributed by atoms with Crippen LogP contribution in [0, 0.1) is 11.8 Å². The number of hydrogen-bond donors (Lipinski definition) is 0. The first-order valence-electron chi connectivity index (χ1n) is 32.2. The van der Waals surface area contributed by atoms with Crippen molar-refractivity contribution in [2.45, 2.75) is 375 Å². The zero-order valence-corrected chi connectivity index (χ0v) is 48.9. The van der Waals surface area contributed by atoms with Gasteiger partial charge in [-0.15, -0.1) is 0 Å². The number of carbonyl (C=O) groups is 3. The number of carbonyl (C=O) groups excluding carboxylic acids is 3. The second-order valence-electron chi connectivity index (χ2n) is 23.4. The quantitative estimate of drug-likeness (QED) is 0.0343. The fourth-order valence-electron chi connectivity index (χ4n) is 10.1. The van der Waals surface area contributed by atoms with Crippen molar-refractivity contribution in [3.63, 3.8) is 0 Å². The average Bonchev–Trinajstić information content (AvgIpc) is 3.35. The Balaban J connectivity index is 4.29. The molecule has 0 N–H and O–H groups in total. The van der Waals surface area contributed by atoms with Gasteiger partial charge in [-0.3, -0.25) is 14.4 Å². The lowest BCUT2D eigenvalue weighted by atomic mass is 10.0. The van der Waals surface area contributed by atoms with Crippen molar-refractivity contribution in [2.75, 3.05) is 13.2 Å². The molecule has 0 bridgehead atoms. The molecule has 0 radical (unpaired) electrons. The Hall–Kier alpha value is -1.59. The van der Waals surface area contributed by atoms with Crippen LogP contribution in [0.4, 0.5) is 0 Å². The number of unbranched alkanes of at least 4 members (excludes halogenated alkanes) is 44. The van der Waals surface area contributed by atoms with Gasteiger partial charge in [0, 0.05) is 19.3 Å². The number of hydrogen-bond acceptors (Lipinski definition) is 6. The zero-order chi connectivity index (χ0) is 51.8. The summed E-state index contributed by atoms with van der Waals surface area (Å²) >= 11 is 0. The predicted octanol–water partition coefficient (Wildman–Crippen LogP) is 21.6. The molecular weight excluding hydrogens is 877 g/mol. The summed E-state index contributed by atoms with van der Waals surface area (Å²) in [7, 11) is 0. The second kappa shape index (κ2) is 57.7. The largest absolute Gasteiger partial charge is 0.462 e. The van der Waals surface area contributed by atoms with Crippen molar-refractivity contribution in [1.29, 1.82) is 0 Å². The molecule has 0 aliphatic carbocycles. The van der Waals surface area contributed by atoms with Crippen LogP contribution in [0.25, 0.3) is 0 Å². The normalized spacial score (nSPS) is 12.0. The molecular formula is C65H126O6. The molecule has 1 atom stereocenters. The predicted molar refractivity (Wildman–Crippen MR) is 307 cm³/mol. The van der Waals surface area contributed by atoms with Gasteiger partial charge in [-0.2, -0.15) is 0 Å². The summed E-state index contributed by atoms with van der Waals surface area (Å²) in [6.07, 6.45) is 63.9. The summed E-state index contributed by atoms with van der Waals surface area (Å²) in [6.45, 7) is 11.5. The third kappa shape index (κ3) is 59.2. The van der Waals surface area contributed by atoms with Crippen LogP contribution in [0.1, 0.15) is 369 Å². The van der Waals surface area contributed by atoms with Gasteiger partial charge in [0.15, 0.2) is 6.10 Å². The topological polar surface area (TPSA) is 78.9 Å². The molecule has 71 heavy (non-hydrogen) atoms. The summed E-state index contributed by atoms with van der Waals surface area (Å²) in [6, 6.07) is 0. The van der Waals surface area contributed by atoms with E-state index in [2.05, 4.69) is 34.6 Å². The lowest BCUT2D eigenvalue weighted by Crippen LogP contribution is -2.30. The van der Waals surface area contributed by atoms with Crippen molar-refractivity contribution < 1.29 is 28.6 Å². The van der Waals surface area contributed by atoms with E-state index in [0.29, 0.717) is 19.3 Å². The highest BCUT2D eigenvalue weighted by molar-refractivity contribution is 5.71. The Morgan fingerprint density at radius 3 is 0.690 bits per heavy atom. The minimum Gasteiger partial charge on any atom is -0.462 e. The molecule has 0 aliphatic heterocycles. The van der Waals surface area contributed by atoms with Gasteiger partial charge in [0.25, 0.3) is 0 Å². The third-order valence-electron chi connectivity index (χ3n) is 15.0. The van der Waals surface area contributed by atoms with E-state index in [1.54, 1.807) is 0 Å². The summed E-state index contributed by atoms with van der Waals surface area (Å²) in [5.74, 6) is 0.857. The lowest BCUT2D eigenvalue weighted by Gasteiger charge is -2.18. The standard InChI is InChI=1S/C65H126O6/c1-6-7-8-9-10-11-12-13-14-15-16-17-18-25-30-35-40-45-50-55-63(66)69-58-62(71-65(68)57-52-47-42-37-32-27-22-20-24-29-34-39-44-49-54-61(4)5)59-70-64(67)56-51-46-41-36-31-26-21-19-23-28-33-38-43-48-53-60(2)3/h60-62H,6-59H2,1-5H3/t62-/m1/s1. The summed E-state index contributed by atoms with van der Waals surface area (Å²) in [5, 5.41) is 0. The first-order valence-corrected chi connectivity index (χ1v) is 32.2. The van der Waals surface area contributed by atoms with Gasteiger partial charge in [-0.05, 0) is 31.1 Å². The fraction of sp³-hybridized carbons (Fsp3) is 0.954. The van der Waals surface area contributed by atoms with Crippen molar-refractivity contribution in [2.24, 2.45) is 11.8 Å². The molecule has 6 heteroatoms. The molecule has 0 saturated heterocycles. The first-order chi connectivity index (χ1) is 34.7. The number of ether oxygens (including phenoxy) is 3. The SMILES string of the molecule is CCCCCCCCCCCCCCCCCCCCCC(=O)OC[C@H](COC(=O)CCCCCCCCCCCCCCCCC(C)C)OC(=O)CCCCCCCCCCCCCCCCC(C)C. The maximum Gasteiger partial charge on any atom is 0.306 e. The minimum atomic E-state index is -0.764. The number of esters is 3. The van der Waals surface area contributed by atoms with Crippen LogP contribution in [0.3, 0.4) is 0 Å². The lowest BCUT2D eigenvalue weighted by molar-refractivity contribution is -0.167. The third-order valence-corrected chi connectivity index (χ3v) is 15.0. The van der Waals surface area contributed by atoms with Crippen LogP contribution < -0.4 is 0 Å². The van der Waals surface area contributed by atoms with Crippen LogP contribution in [0.2, 0.25) is 0 Å². The smallest absolute Gasteiger partial charge is 0.306 e. The van der Waals surface area contributed by atoms with E-state index in [1.165, 1.54) is 257 Å². The van der Waals surface area contributed by atoms with Gasteiger partial charge in [-0.1, -0.05) is 330 Å². The van der Waals surface area contributed by atoms with Crippen molar-refractivity contribution in [3.8, 4) is 0 Å². The van der Waals surface area contributed by atoms with E-state index >= 15 is 0 Å². The monoisotopic (exact) mass is 1000 g/mol. The molecule has 0 amide bonds. The number of rotatable bonds is 59. The van der Waals surface area contributed by atoms with Gasteiger partial charge in [0.2, 0.25) is 0 Å². The molecule has 0 rings (SSSR count). The maximum atomic E-state index is 12.9. The molecule has 0 unspecified atom stereocenters. The zero-order valence-electron chi connectivity index (χ0n) is 48.9. The van der Waals surface area contributed by atoms with Gasteiger partial charge in [0.1, 0.15) is 13.2 Å². The molecule has 0 aromatic carbocycles. The highest BCUT2D eigenvalue weighted by Gasteiger charge is 2.19. The Labute approximate surface area is 444 Å². The summed E-state index contributed by atoms with van der Waals surface area (Å²) < 4.78 is 17.0. The van der Waals surface area contributed by atoms with Gasteiger partial charge < -0.3 is 14.2 Å². The average molecular weight is 1000 g/mol. The Bertz CT molecular complexity index is 1090. The highest BCUT2D eigenvalue weighted by Crippen LogP contribution is 2.19. The van der Waals surface area contributed by atoms with Crippen molar-refractivity contribution in [3.05, 3.63) is 0 Å². The Kier molecular flexibility index (Phi) is 56.4. The molecule has 0 saturated carbocycles. The van der Waals surface area contributed by atoms with Gasteiger partial charge in [-0.25, -0.2) is 0 Å². The van der Waals surface area contributed by atoms with E-state index in [4.69, 9.17) is 14.2 Å². The van der Waals surface area contributed by atoms with Crippen LogP contribution >= 0.6 is 0 Å². The van der Waals surface area contributed by atoms with Gasteiger partial charge in [0.05, 0.1) is 0 Å². The molecule has 0 aromatic rings. The van der Waals surface area contributed by atoms with E-state index in [1.807, 2.05) is 0 Å². The summed E-state index contributed by atoms with van der Waals surface area (Å²) in [4.78, 5) is 38.3. The van der Waals surface area contributed by atoms with Crippen LogP contribution in [-0.4, -0.2) is 37.2 Å². The molecule has 422 valence electrons. The molecule has 0 heterocycles. The van der Waals surface area contributed by atoms with Crippen LogP contribution in [0.5, 0.6) is 0 Å². The fourth-order valence-corrected chi connectivity index (χ4v) is 10.1. The molecule has 0 spiro atoms. The second-order valence-corrected chi connectivity index (χ2v) is 23.4. The van der Waals surface area contributed by atoms with E-state index in [-0.39, 0.29) is 31.1 Å². The maximum absolute atomic E-state index is 12.9. The van der Waals surface area contributed by atoms with E-state index < -0.39 is 6.10 Å². The van der Waals surface area contributed by atoms with E-state index in [9.17, 15) is 14.4 Å².